The molecule has 0 fully saturated rings. The Morgan fingerprint density at radius 1 is 0.484 bits per heavy atom. The van der Waals surface area contributed by atoms with Crippen molar-refractivity contribution in [1.29, 1.82) is 0 Å². The summed E-state index contributed by atoms with van der Waals surface area (Å²) in [6.45, 7) is 3.19. The molecule has 1 radical (unpaired) electrons. The maximum atomic E-state index is 6.04. The van der Waals surface area contributed by atoms with Crippen LogP contribution in [0.3, 0.4) is 0 Å². The molecule has 0 bridgehead atoms. The van der Waals surface area contributed by atoms with Crippen molar-refractivity contribution in [2.45, 2.75) is 19.8 Å². The van der Waals surface area contributed by atoms with Crippen LogP contribution in [-0.4, -0.2) is 0 Å². The van der Waals surface area contributed by atoms with Crippen molar-refractivity contribution < 1.29 is 14.2 Å². The van der Waals surface area contributed by atoms with E-state index in [0.717, 1.165) is 33.8 Å². The molecule has 0 saturated heterocycles. The fraction of sp³-hybridized carbons (Fsp3) is 0.107. The quantitative estimate of drug-likeness (QED) is 0.296. The Labute approximate surface area is 183 Å². The molecular formula is C28H25O3. The Morgan fingerprint density at radius 3 is 1.48 bits per heavy atom. The average molecular weight is 410 g/mol. The summed E-state index contributed by atoms with van der Waals surface area (Å²) in [5.41, 5.74) is 4.25. The highest BCUT2D eigenvalue weighted by molar-refractivity contribution is 5.39. The van der Waals surface area contributed by atoms with E-state index in [4.69, 9.17) is 14.2 Å². The fourth-order valence-corrected chi connectivity index (χ4v) is 3.13. The monoisotopic (exact) mass is 409 g/mol. The minimum atomic E-state index is 0.430. The number of ether oxygens (including phenoxy) is 3. The SMILES string of the molecule is [CH](OCc1cc(OCc2ccccc2)cc(OCc2ccccc2)c1)c1ccccc1. The zero-order chi connectivity index (χ0) is 21.1. The van der Waals surface area contributed by atoms with Crippen LogP contribution in [0.15, 0.2) is 109 Å². The first-order valence-corrected chi connectivity index (χ1v) is 10.3. The van der Waals surface area contributed by atoms with E-state index in [0.29, 0.717) is 19.8 Å². The van der Waals surface area contributed by atoms with Gasteiger partial charge in [-0.25, -0.2) is 0 Å². The highest BCUT2D eigenvalue weighted by atomic mass is 16.5. The van der Waals surface area contributed by atoms with Crippen LogP contribution in [0.2, 0.25) is 0 Å². The van der Waals surface area contributed by atoms with Gasteiger partial charge in [0.15, 0.2) is 0 Å². The third kappa shape index (κ3) is 6.73. The molecule has 0 spiro atoms. The molecule has 4 aromatic carbocycles. The summed E-state index contributed by atoms with van der Waals surface area (Å²) >= 11 is 0. The number of benzene rings is 4. The molecule has 0 aliphatic heterocycles. The molecule has 0 aliphatic carbocycles. The molecule has 0 aromatic heterocycles. The van der Waals surface area contributed by atoms with Gasteiger partial charge in [-0.05, 0) is 34.4 Å². The van der Waals surface area contributed by atoms with Gasteiger partial charge in [0.05, 0.1) is 6.61 Å². The van der Waals surface area contributed by atoms with Crippen LogP contribution in [0.5, 0.6) is 11.5 Å². The van der Waals surface area contributed by atoms with Crippen molar-refractivity contribution in [3.63, 3.8) is 0 Å². The minimum absolute atomic E-state index is 0.430. The largest absolute Gasteiger partial charge is 0.489 e. The standard InChI is InChI=1S/C28H25O3/c1-4-10-23(11-5-1)19-29-20-26-16-27(30-21-24-12-6-2-7-13-24)18-28(17-26)31-22-25-14-8-3-9-15-25/h1-19H,20-22H2. The average Bonchev–Trinajstić information content (AvgIpc) is 2.83. The van der Waals surface area contributed by atoms with Crippen LogP contribution in [-0.2, 0) is 24.6 Å². The zero-order valence-corrected chi connectivity index (χ0v) is 17.3. The third-order valence-electron chi connectivity index (χ3n) is 4.71. The summed E-state index contributed by atoms with van der Waals surface area (Å²) in [7, 11) is 0. The second-order valence-electron chi connectivity index (χ2n) is 7.20. The van der Waals surface area contributed by atoms with Crippen molar-refractivity contribution in [1.82, 2.24) is 0 Å². The molecule has 0 atom stereocenters. The van der Waals surface area contributed by atoms with E-state index in [9.17, 15) is 0 Å². The molecule has 0 unspecified atom stereocenters. The van der Waals surface area contributed by atoms with Crippen LogP contribution in [0.4, 0.5) is 0 Å². The summed E-state index contributed by atoms with van der Waals surface area (Å²) < 4.78 is 17.9. The summed E-state index contributed by atoms with van der Waals surface area (Å²) in [6.07, 6.45) is 0. The Kier molecular flexibility index (Phi) is 7.35. The molecule has 0 heterocycles. The van der Waals surface area contributed by atoms with E-state index in [1.807, 2.05) is 84.9 Å². The van der Waals surface area contributed by atoms with Crippen LogP contribution < -0.4 is 9.47 Å². The topological polar surface area (TPSA) is 27.7 Å². The lowest BCUT2D eigenvalue weighted by molar-refractivity contribution is 0.197. The summed E-state index contributed by atoms with van der Waals surface area (Å²) in [6, 6.07) is 36.1. The maximum absolute atomic E-state index is 6.04. The second-order valence-corrected chi connectivity index (χ2v) is 7.20. The van der Waals surface area contributed by atoms with E-state index in [1.54, 1.807) is 6.61 Å². The summed E-state index contributed by atoms with van der Waals surface area (Å²) in [5, 5.41) is 0. The predicted molar refractivity (Wildman–Crippen MR) is 123 cm³/mol. The lowest BCUT2D eigenvalue weighted by atomic mass is 10.2. The van der Waals surface area contributed by atoms with Gasteiger partial charge in [-0.3, -0.25) is 0 Å². The molecule has 0 saturated carbocycles. The minimum Gasteiger partial charge on any atom is -0.489 e. The Bertz CT molecular complexity index is 986. The van der Waals surface area contributed by atoms with Crippen LogP contribution in [0, 0.1) is 6.61 Å². The van der Waals surface area contributed by atoms with Crippen molar-refractivity contribution in [2.24, 2.45) is 0 Å². The van der Waals surface area contributed by atoms with Crippen molar-refractivity contribution in [3.05, 3.63) is 138 Å². The molecule has 3 heteroatoms. The first kappa shape index (κ1) is 20.7. The van der Waals surface area contributed by atoms with Crippen molar-refractivity contribution in [3.8, 4) is 11.5 Å². The van der Waals surface area contributed by atoms with Gasteiger partial charge in [-0.15, -0.1) is 0 Å². The Balaban J connectivity index is 1.43. The third-order valence-corrected chi connectivity index (χ3v) is 4.71. The lowest BCUT2D eigenvalue weighted by Crippen LogP contribution is -2.00. The van der Waals surface area contributed by atoms with Gasteiger partial charge in [0.25, 0.3) is 0 Å². The van der Waals surface area contributed by atoms with Gasteiger partial charge in [-0.2, -0.15) is 0 Å². The van der Waals surface area contributed by atoms with E-state index in [2.05, 4.69) is 24.3 Å². The highest BCUT2D eigenvalue weighted by Crippen LogP contribution is 2.25. The van der Waals surface area contributed by atoms with E-state index in [1.165, 1.54) is 0 Å². The Morgan fingerprint density at radius 2 is 0.968 bits per heavy atom. The van der Waals surface area contributed by atoms with E-state index >= 15 is 0 Å². The van der Waals surface area contributed by atoms with Gasteiger partial charge in [-0.1, -0.05) is 91.0 Å². The van der Waals surface area contributed by atoms with Crippen LogP contribution in [0.25, 0.3) is 0 Å². The predicted octanol–water partition coefficient (Wildman–Crippen LogP) is 6.57. The first-order valence-electron chi connectivity index (χ1n) is 10.3. The molecule has 3 nitrogen and oxygen atoms in total. The molecular weight excluding hydrogens is 384 g/mol. The fourth-order valence-electron chi connectivity index (χ4n) is 3.13. The van der Waals surface area contributed by atoms with Gasteiger partial charge in [0.2, 0.25) is 0 Å². The summed E-state index contributed by atoms with van der Waals surface area (Å²) in [4.78, 5) is 0. The maximum Gasteiger partial charge on any atom is 0.123 e. The van der Waals surface area contributed by atoms with Crippen molar-refractivity contribution >= 4 is 0 Å². The van der Waals surface area contributed by atoms with E-state index < -0.39 is 0 Å². The normalized spacial score (nSPS) is 10.6. The molecule has 155 valence electrons. The second kappa shape index (κ2) is 11.0. The van der Waals surface area contributed by atoms with Crippen LogP contribution in [0.1, 0.15) is 22.3 Å². The molecule has 31 heavy (non-hydrogen) atoms. The summed E-state index contributed by atoms with van der Waals surface area (Å²) in [5.74, 6) is 1.51. The number of rotatable bonds is 10. The van der Waals surface area contributed by atoms with Crippen LogP contribution >= 0.6 is 0 Å². The van der Waals surface area contributed by atoms with Crippen molar-refractivity contribution in [2.75, 3.05) is 0 Å². The number of hydrogen-bond donors (Lipinski definition) is 0. The molecule has 4 rings (SSSR count). The van der Waals surface area contributed by atoms with Gasteiger partial charge in [0, 0.05) is 6.07 Å². The zero-order valence-electron chi connectivity index (χ0n) is 17.3. The molecule has 0 aliphatic rings. The lowest BCUT2D eigenvalue weighted by Gasteiger charge is -2.13. The van der Waals surface area contributed by atoms with Gasteiger partial charge >= 0.3 is 0 Å². The first-order chi connectivity index (χ1) is 15.3. The molecule has 0 amide bonds. The van der Waals surface area contributed by atoms with Gasteiger partial charge < -0.3 is 14.2 Å². The Hall–Kier alpha value is -3.56. The van der Waals surface area contributed by atoms with E-state index in [-0.39, 0.29) is 0 Å². The molecule has 0 N–H and O–H groups in total. The molecule has 4 aromatic rings. The number of hydrogen-bond acceptors (Lipinski definition) is 3. The van der Waals surface area contributed by atoms with Gasteiger partial charge in [0.1, 0.15) is 31.3 Å². The smallest absolute Gasteiger partial charge is 0.123 e. The highest BCUT2D eigenvalue weighted by Gasteiger charge is 2.06.